The second-order valence-corrected chi connectivity index (χ2v) is 5.82. The normalized spacial score (nSPS) is 16.9. The Morgan fingerprint density at radius 2 is 2.10 bits per heavy atom. The summed E-state index contributed by atoms with van der Waals surface area (Å²) in [6.45, 7) is 0. The fraction of sp³-hybridized carbons (Fsp3) is 0.353. The summed E-state index contributed by atoms with van der Waals surface area (Å²) < 4.78 is 5.79. The number of fused-ring (bicyclic) bond motifs is 1. The first kappa shape index (κ1) is 13.4. The maximum atomic E-state index is 12.1. The molecular weight excluding hydrogens is 272 g/mol. The monoisotopic (exact) mass is 288 g/mol. The molecule has 1 aromatic heterocycles. The lowest BCUT2D eigenvalue weighted by Gasteiger charge is -2.15. The first-order chi connectivity index (χ1) is 9.74. The van der Waals surface area contributed by atoms with Gasteiger partial charge in [0.2, 0.25) is 0 Å². The number of hydrogen-bond donors (Lipinski definition) is 0. The molecule has 1 heterocycles. The van der Waals surface area contributed by atoms with Gasteiger partial charge in [-0.25, -0.2) is 0 Å². The van der Waals surface area contributed by atoms with Crippen molar-refractivity contribution >= 4 is 22.6 Å². The van der Waals surface area contributed by atoms with Crippen LogP contribution in [-0.2, 0) is 0 Å². The van der Waals surface area contributed by atoms with Crippen LogP contribution in [0.15, 0.2) is 51.2 Å². The number of hydrogen-bond acceptors (Lipinski definition) is 2. The van der Waals surface area contributed by atoms with Gasteiger partial charge in [-0.15, -0.1) is 11.6 Å². The molecule has 0 fully saturated rings. The van der Waals surface area contributed by atoms with Gasteiger partial charge < -0.3 is 4.42 Å². The summed E-state index contributed by atoms with van der Waals surface area (Å²) in [6.07, 6.45) is 7.79. The number of benzene rings is 1. The van der Waals surface area contributed by atoms with Crippen LogP contribution in [0, 0.1) is 0 Å². The maximum Gasteiger partial charge on any atom is 0.193 e. The van der Waals surface area contributed by atoms with Crippen LogP contribution >= 0.6 is 11.6 Å². The molecule has 0 N–H and O–H groups in total. The van der Waals surface area contributed by atoms with Gasteiger partial charge in [0.05, 0.1) is 10.8 Å². The number of para-hydroxylation sites is 1. The van der Waals surface area contributed by atoms with Gasteiger partial charge >= 0.3 is 0 Å². The molecular formula is C17H17ClO2. The molecule has 2 aromatic rings. The van der Waals surface area contributed by atoms with E-state index >= 15 is 0 Å². The minimum Gasteiger partial charge on any atom is -0.459 e. The van der Waals surface area contributed by atoms with Crippen molar-refractivity contribution in [2.45, 2.75) is 37.5 Å². The molecule has 0 spiro atoms. The van der Waals surface area contributed by atoms with E-state index in [1.807, 2.05) is 18.2 Å². The molecule has 1 aliphatic carbocycles. The van der Waals surface area contributed by atoms with E-state index in [1.165, 1.54) is 24.5 Å². The summed E-state index contributed by atoms with van der Waals surface area (Å²) in [5.74, 6) is 0.571. The second kappa shape index (κ2) is 5.84. The molecule has 3 heteroatoms. The lowest BCUT2D eigenvalue weighted by atomic mass is 9.95. The minimum absolute atomic E-state index is 0.0230. The summed E-state index contributed by atoms with van der Waals surface area (Å²) in [4.78, 5) is 12.1. The molecule has 20 heavy (non-hydrogen) atoms. The Bertz CT molecular complexity index is 699. The van der Waals surface area contributed by atoms with E-state index in [4.69, 9.17) is 16.0 Å². The zero-order valence-electron chi connectivity index (χ0n) is 11.3. The lowest BCUT2D eigenvalue weighted by Crippen LogP contribution is -2.04. The Balaban J connectivity index is 1.89. The number of allylic oxidation sites excluding steroid dienone is 2. The predicted octanol–water partition coefficient (Wildman–Crippen LogP) is 4.96. The number of alkyl halides is 1. The fourth-order valence-corrected chi connectivity index (χ4v) is 3.00. The van der Waals surface area contributed by atoms with Crippen LogP contribution in [0.1, 0.15) is 43.2 Å². The topological polar surface area (TPSA) is 30.2 Å². The van der Waals surface area contributed by atoms with Gasteiger partial charge in [-0.05, 0) is 44.2 Å². The van der Waals surface area contributed by atoms with Crippen LogP contribution in [0.25, 0.3) is 11.0 Å². The molecule has 2 nitrogen and oxygen atoms in total. The van der Waals surface area contributed by atoms with Crippen molar-refractivity contribution in [1.82, 2.24) is 0 Å². The Kier molecular flexibility index (Phi) is 3.93. The van der Waals surface area contributed by atoms with Crippen LogP contribution in [0.2, 0.25) is 0 Å². The largest absolute Gasteiger partial charge is 0.459 e. The Labute approximate surface area is 123 Å². The molecule has 0 amide bonds. The van der Waals surface area contributed by atoms with E-state index in [0.29, 0.717) is 16.7 Å². The Morgan fingerprint density at radius 3 is 2.90 bits per heavy atom. The van der Waals surface area contributed by atoms with Crippen molar-refractivity contribution in [3.63, 3.8) is 0 Å². The van der Waals surface area contributed by atoms with Gasteiger partial charge in [0.1, 0.15) is 11.3 Å². The Morgan fingerprint density at radius 1 is 1.25 bits per heavy atom. The highest BCUT2D eigenvalue weighted by Gasteiger charge is 2.16. The average molecular weight is 289 g/mol. The van der Waals surface area contributed by atoms with Gasteiger partial charge in [0.25, 0.3) is 0 Å². The SMILES string of the molecule is O=c1cc(C(Cl)CC2=CCCCC2)oc2ccccc12. The zero-order valence-corrected chi connectivity index (χ0v) is 12.0. The van der Waals surface area contributed by atoms with Gasteiger partial charge in [-0.3, -0.25) is 4.79 Å². The molecule has 0 saturated heterocycles. The first-order valence-electron chi connectivity index (χ1n) is 7.09. The molecule has 1 unspecified atom stereocenters. The lowest BCUT2D eigenvalue weighted by molar-refractivity contribution is 0.521. The van der Waals surface area contributed by atoms with Crippen LogP contribution in [0.4, 0.5) is 0 Å². The van der Waals surface area contributed by atoms with Crippen LogP contribution < -0.4 is 5.43 Å². The van der Waals surface area contributed by atoms with E-state index in [9.17, 15) is 4.79 Å². The van der Waals surface area contributed by atoms with Gasteiger partial charge in [0.15, 0.2) is 5.43 Å². The molecule has 0 saturated carbocycles. The Hall–Kier alpha value is -1.54. The summed E-state index contributed by atoms with van der Waals surface area (Å²) in [5, 5.41) is 0.341. The summed E-state index contributed by atoms with van der Waals surface area (Å²) in [6, 6.07) is 8.82. The first-order valence-corrected chi connectivity index (χ1v) is 7.52. The average Bonchev–Trinajstić information content (AvgIpc) is 2.48. The maximum absolute atomic E-state index is 12.1. The van der Waals surface area contributed by atoms with E-state index < -0.39 is 0 Å². The molecule has 0 radical (unpaired) electrons. The van der Waals surface area contributed by atoms with Gasteiger partial charge in [-0.2, -0.15) is 0 Å². The highest BCUT2D eigenvalue weighted by molar-refractivity contribution is 6.20. The quantitative estimate of drug-likeness (QED) is 0.590. The van der Waals surface area contributed by atoms with Crippen molar-refractivity contribution in [3.05, 3.63) is 58.0 Å². The van der Waals surface area contributed by atoms with Crippen LogP contribution in [0.3, 0.4) is 0 Å². The molecule has 1 aromatic carbocycles. The van der Waals surface area contributed by atoms with E-state index in [-0.39, 0.29) is 10.8 Å². The van der Waals surface area contributed by atoms with Gasteiger partial charge in [-0.1, -0.05) is 23.8 Å². The van der Waals surface area contributed by atoms with Crippen molar-refractivity contribution in [1.29, 1.82) is 0 Å². The van der Waals surface area contributed by atoms with Gasteiger partial charge in [0, 0.05) is 6.07 Å². The molecule has 1 aliphatic rings. The number of rotatable bonds is 3. The fourth-order valence-electron chi connectivity index (χ4n) is 2.70. The standard InChI is InChI=1S/C17H17ClO2/c18-14(10-12-6-2-1-3-7-12)17-11-15(19)13-8-4-5-9-16(13)20-17/h4-6,8-9,11,14H,1-3,7,10H2. The summed E-state index contributed by atoms with van der Waals surface area (Å²) in [5.41, 5.74) is 1.97. The van der Waals surface area contributed by atoms with E-state index in [1.54, 1.807) is 6.07 Å². The smallest absolute Gasteiger partial charge is 0.193 e. The third-order valence-electron chi connectivity index (χ3n) is 3.79. The summed E-state index contributed by atoms with van der Waals surface area (Å²) >= 11 is 6.44. The van der Waals surface area contributed by atoms with E-state index in [0.717, 1.165) is 19.3 Å². The van der Waals surface area contributed by atoms with Crippen molar-refractivity contribution in [2.24, 2.45) is 0 Å². The molecule has 104 valence electrons. The molecule has 1 atom stereocenters. The van der Waals surface area contributed by atoms with Crippen molar-refractivity contribution < 1.29 is 4.42 Å². The third-order valence-corrected chi connectivity index (χ3v) is 4.16. The van der Waals surface area contributed by atoms with Crippen LogP contribution in [0.5, 0.6) is 0 Å². The third kappa shape index (κ3) is 2.80. The number of halogens is 1. The van der Waals surface area contributed by atoms with Crippen molar-refractivity contribution in [3.8, 4) is 0 Å². The molecule has 0 aliphatic heterocycles. The van der Waals surface area contributed by atoms with E-state index in [2.05, 4.69) is 6.08 Å². The molecule has 3 rings (SSSR count). The van der Waals surface area contributed by atoms with Crippen molar-refractivity contribution in [2.75, 3.05) is 0 Å². The highest BCUT2D eigenvalue weighted by atomic mass is 35.5. The zero-order chi connectivity index (χ0) is 13.9. The predicted molar refractivity (Wildman–Crippen MR) is 82.2 cm³/mol. The minimum atomic E-state index is -0.267. The summed E-state index contributed by atoms with van der Waals surface area (Å²) in [7, 11) is 0. The van der Waals surface area contributed by atoms with Crippen LogP contribution in [-0.4, -0.2) is 0 Å². The molecule has 0 bridgehead atoms. The highest BCUT2D eigenvalue weighted by Crippen LogP contribution is 2.32. The second-order valence-electron chi connectivity index (χ2n) is 5.29.